The molecule has 0 saturated carbocycles. The zero-order chi connectivity index (χ0) is 34.8. The van der Waals surface area contributed by atoms with E-state index in [-0.39, 0.29) is 24.4 Å². The summed E-state index contributed by atoms with van der Waals surface area (Å²) in [5.41, 5.74) is 5.90. The lowest BCUT2D eigenvalue weighted by molar-refractivity contribution is -0.142. The van der Waals surface area contributed by atoms with Gasteiger partial charge in [0.15, 0.2) is 6.10 Å². The number of piperidine rings is 3. The van der Waals surface area contributed by atoms with Gasteiger partial charge in [0, 0.05) is 84.2 Å². The molecule has 7 rings (SSSR count). The fourth-order valence-corrected chi connectivity index (χ4v) is 8.54. The molecule has 0 spiro atoms. The minimum absolute atomic E-state index is 0.0282. The van der Waals surface area contributed by atoms with Crippen LogP contribution in [0.4, 0.5) is 15.3 Å². The zero-order valence-corrected chi connectivity index (χ0v) is 29.7. The Balaban J connectivity index is 1.00. The average Bonchev–Trinajstić information content (AvgIpc) is 3.43. The van der Waals surface area contributed by atoms with Crippen LogP contribution in [-0.2, 0) is 34.2 Å². The Kier molecular flexibility index (Phi) is 10.3. The van der Waals surface area contributed by atoms with Gasteiger partial charge >= 0.3 is 12.1 Å². The molecule has 3 fully saturated rings. The van der Waals surface area contributed by atoms with Gasteiger partial charge in [-0.25, -0.2) is 14.6 Å². The first-order chi connectivity index (χ1) is 24.3. The number of carbonyl (C=O) groups is 3. The van der Waals surface area contributed by atoms with Gasteiger partial charge < -0.3 is 39.0 Å². The summed E-state index contributed by atoms with van der Waals surface area (Å²) in [5.74, 6) is -0.135. The molecular formula is C38H51N7O5. The number of hydrogen-bond acceptors (Lipinski definition) is 7. The van der Waals surface area contributed by atoms with Crippen molar-refractivity contribution in [3.8, 4) is 0 Å². The molecule has 1 aromatic heterocycles. The van der Waals surface area contributed by atoms with Gasteiger partial charge in [-0.1, -0.05) is 24.3 Å². The number of ether oxygens (including phenoxy) is 2. The number of urea groups is 1. The summed E-state index contributed by atoms with van der Waals surface area (Å²) in [6.07, 6.45) is 7.02. The molecule has 268 valence electrons. The van der Waals surface area contributed by atoms with E-state index in [1.165, 1.54) is 0 Å². The lowest BCUT2D eigenvalue weighted by atomic mass is 9.97. The first-order valence-corrected chi connectivity index (χ1v) is 18.3. The Morgan fingerprint density at radius 1 is 0.920 bits per heavy atom. The molecular weight excluding hydrogens is 634 g/mol. The molecule has 0 aliphatic carbocycles. The Bertz CT molecular complexity index is 1690. The van der Waals surface area contributed by atoms with E-state index in [9.17, 15) is 14.4 Å². The number of rotatable bonds is 7. The zero-order valence-electron chi connectivity index (χ0n) is 29.7. The Labute approximate surface area is 294 Å². The summed E-state index contributed by atoms with van der Waals surface area (Å²) in [6, 6.07) is 12.4. The van der Waals surface area contributed by atoms with Crippen LogP contribution in [0.2, 0.25) is 0 Å². The van der Waals surface area contributed by atoms with Gasteiger partial charge in [0.1, 0.15) is 0 Å². The van der Waals surface area contributed by atoms with Crippen molar-refractivity contribution in [1.82, 2.24) is 29.2 Å². The molecule has 2 aromatic carbocycles. The van der Waals surface area contributed by atoms with E-state index >= 15 is 0 Å². The highest BCUT2D eigenvalue weighted by molar-refractivity contribution is 5.91. The normalized spacial score (nSPS) is 20.8. The summed E-state index contributed by atoms with van der Waals surface area (Å²) >= 11 is 0. The van der Waals surface area contributed by atoms with Crippen LogP contribution < -0.4 is 5.32 Å². The molecule has 4 aliphatic rings. The molecule has 4 amide bonds. The smallest absolute Gasteiger partial charge is 0.410 e. The van der Waals surface area contributed by atoms with Crippen LogP contribution >= 0.6 is 0 Å². The molecule has 12 nitrogen and oxygen atoms in total. The number of hydrogen-bond donors (Lipinski definition) is 1. The van der Waals surface area contributed by atoms with Crippen LogP contribution in [0.25, 0.3) is 11.0 Å². The van der Waals surface area contributed by atoms with Gasteiger partial charge in [0.05, 0.1) is 23.5 Å². The third kappa shape index (κ3) is 7.32. The Morgan fingerprint density at radius 3 is 2.36 bits per heavy atom. The fourth-order valence-electron chi connectivity index (χ4n) is 8.54. The van der Waals surface area contributed by atoms with Crippen molar-refractivity contribution in [2.75, 3.05) is 58.2 Å². The second kappa shape index (κ2) is 15.0. The van der Waals surface area contributed by atoms with Crippen molar-refractivity contribution in [2.24, 2.45) is 7.05 Å². The number of fused-ring (bicyclic) bond motifs is 2. The molecule has 0 radical (unpaired) electrons. The van der Waals surface area contributed by atoms with E-state index in [1.807, 2.05) is 52.6 Å². The van der Waals surface area contributed by atoms with Gasteiger partial charge in [-0.05, 0) is 80.7 Å². The number of amides is 4. The predicted molar refractivity (Wildman–Crippen MR) is 191 cm³/mol. The number of imidazole rings is 1. The summed E-state index contributed by atoms with van der Waals surface area (Å²) < 4.78 is 13.7. The van der Waals surface area contributed by atoms with Crippen molar-refractivity contribution in [1.29, 1.82) is 0 Å². The van der Waals surface area contributed by atoms with Crippen LogP contribution in [0.1, 0.15) is 55.2 Å². The van der Waals surface area contributed by atoms with E-state index < -0.39 is 12.2 Å². The molecule has 4 aliphatic heterocycles. The Hall–Kier alpha value is -4.16. The lowest BCUT2D eigenvalue weighted by Gasteiger charge is -2.42. The molecule has 3 saturated heterocycles. The Morgan fingerprint density at radius 2 is 1.62 bits per heavy atom. The van der Waals surface area contributed by atoms with Gasteiger partial charge in [-0.15, -0.1) is 0 Å². The van der Waals surface area contributed by atoms with Crippen LogP contribution in [0, 0.1) is 6.92 Å². The summed E-state index contributed by atoms with van der Waals surface area (Å²) in [4.78, 5) is 53.7. The van der Waals surface area contributed by atoms with E-state index in [1.54, 1.807) is 18.3 Å². The van der Waals surface area contributed by atoms with Gasteiger partial charge in [0.2, 0.25) is 0 Å². The molecule has 12 heteroatoms. The van der Waals surface area contributed by atoms with Crippen molar-refractivity contribution in [2.45, 2.75) is 82.6 Å². The number of aryl methyl sites for hydroxylation is 2. The molecule has 0 unspecified atom stereocenters. The molecule has 3 aromatic rings. The number of anilines is 1. The van der Waals surface area contributed by atoms with E-state index in [0.717, 1.165) is 78.6 Å². The highest BCUT2D eigenvalue weighted by atomic mass is 16.6. The minimum Gasteiger partial charge on any atom is -0.436 e. The van der Waals surface area contributed by atoms with Gasteiger partial charge in [0.25, 0.3) is 5.91 Å². The summed E-state index contributed by atoms with van der Waals surface area (Å²) in [7, 11) is 3.77. The van der Waals surface area contributed by atoms with Crippen LogP contribution in [-0.4, -0.2) is 124 Å². The van der Waals surface area contributed by atoms with Crippen LogP contribution in [0.5, 0.6) is 0 Å². The maximum atomic E-state index is 14.2. The number of nitrogens with one attached hydrogen (secondary N) is 1. The highest BCUT2D eigenvalue weighted by Gasteiger charge is 2.37. The lowest BCUT2D eigenvalue weighted by Crippen LogP contribution is -2.53. The van der Waals surface area contributed by atoms with Gasteiger partial charge in [-0.2, -0.15) is 0 Å². The van der Waals surface area contributed by atoms with Gasteiger partial charge in [-0.3, -0.25) is 4.79 Å². The second-order valence-electron chi connectivity index (χ2n) is 14.5. The first kappa shape index (κ1) is 34.3. The molecule has 1 atom stereocenters. The fraction of sp³-hybridized carbons (Fsp3) is 0.579. The maximum Gasteiger partial charge on any atom is 0.410 e. The number of nitrogens with zero attached hydrogens (tertiary/aromatic N) is 6. The maximum absolute atomic E-state index is 14.2. The largest absolute Gasteiger partial charge is 0.436 e. The summed E-state index contributed by atoms with van der Waals surface area (Å²) in [6.45, 7) is 6.96. The molecule has 5 heterocycles. The van der Waals surface area contributed by atoms with Crippen LogP contribution in [0.15, 0.2) is 42.7 Å². The molecule has 50 heavy (non-hydrogen) atoms. The number of carbonyl (C=O) groups excluding carboxylic acids is 3. The van der Waals surface area contributed by atoms with Crippen molar-refractivity contribution in [3.63, 3.8) is 0 Å². The number of para-hydroxylation sites is 1. The molecule has 0 bridgehead atoms. The van der Waals surface area contributed by atoms with E-state index in [2.05, 4.69) is 27.3 Å². The number of methoxy groups -OCH3 is 1. The van der Waals surface area contributed by atoms with E-state index in [4.69, 9.17) is 9.47 Å². The van der Waals surface area contributed by atoms with Crippen LogP contribution in [0.3, 0.4) is 0 Å². The van der Waals surface area contributed by atoms with Crippen molar-refractivity contribution < 1.29 is 23.9 Å². The standard InChI is InChI=1S/C38H51N7O5/c1-26-22-27(23-33-35(26)41(2)25-39-33)24-34(36(46)43-15-9-29(10-16-43)42-19-13-31(49-3)14-20-42)50-38(48)44-17-11-30(12-18-44)45-21-8-28-6-4-5-7-32(28)40-37(45)47/h4-7,22-23,25,29-31,34H,8-21,24H2,1-3H3,(H,40,47)/t34-/m1/s1. The predicted octanol–water partition coefficient (Wildman–Crippen LogP) is 4.59. The van der Waals surface area contributed by atoms with Crippen molar-refractivity contribution >= 4 is 34.8 Å². The number of aromatic nitrogens is 2. The monoisotopic (exact) mass is 685 g/mol. The first-order valence-electron chi connectivity index (χ1n) is 18.3. The summed E-state index contributed by atoms with van der Waals surface area (Å²) in [5, 5.41) is 3.06. The number of benzene rings is 2. The third-order valence-corrected chi connectivity index (χ3v) is 11.4. The SMILES string of the molecule is COC1CCN(C2CCN(C(=O)[C@@H](Cc3cc(C)c4c(c3)ncn4C)OC(=O)N3CCC(N4CCc5ccccc5NC4=O)CC3)CC2)CC1. The molecule has 1 N–H and O–H groups in total. The number of likely N-dealkylation sites (tertiary alicyclic amines) is 3. The highest BCUT2D eigenvalue weighted by Crippen LogP contribution is 2.27. The minimum atomic E-state index is -0.940. The quantitative estimate of drug-likeness (QED) is 0.388. The third-order valence-electron chi connectivity index (χ3n) is 11.4. The van der Waals surface area contributed by atoms with Crippen molar-refractivity contribution in [3.05, 3.63) is 59.4 Å². The van der Waals surface area contributed by atoms with E-state index in [0.29, 0.717) is 57.7 Å². The topological polar surface area (TPSA) is 112 Å². The second-order valence-corrected chi connectivity index (χ2v) is 14.5. The average molecular weight is 686 g/mol.